The van der Waals surface area contributed by atoms with E-state index in [4.69, 9.17) is 6.42 Å². The van der Waals surface area contributed by atoms with Gasteiger partial charge < -0.3 is 5.32 Å². The van der Waals surface area contributed by atoms with Crippen LogP contribution in [0.15, 0.2) is 0 Å². The van der Waals surface area contributed by atoms with Gasteiger partial charge in [-0.2, -0.15) is 0 Å². The zero-order valence-corrected chi connectivity index (χ0v) is 10.5. The normalized spacial score (nSPS) is 20.1. The van der Waals surface area contributed by atoms with Crippen molar-refractivity contribution < 1.29 is 9.59 Å². The maximum Gasteiger partial charge on any atom is 0.247 e. The monoisotopic (exact) mass is 236 g/mol. The Hall–Kier alpha value is -1.34. The highest BCUT2D eigenvalue weighted by Gasteiger charge is 2.39. The number of unbranched alkanes of at least 4 members (excludes halogenated alkanes) is 2. The van der Waals surface area contributed by atoms with E-state index in [9.17, 15) is 9.59 Å². The Kier molecular flexibility index (Phi) is 5.17. The molecule has 1 saturated heterocycles. The number of carbonyl (C=O) groups excluding carboxylic acids is 2. The van der Waals surface area contributed by atoms with Gasteiger partial charge in [0, 0.05) is 12.5 Å². The van der Waals surface area contributed by atoms with Crippen LogP contribution in [0.3, 0.4) is 0 Å². The molecule has 0 aromatic carbocycles. The number of carbonyl (C=O) groups is 2. The van der Waals surface area contributed by atoms with Crippen LogP contribution in [0.25, 0.3) is 0 Å². The summed E-state index contributed by atoms with van der Waals surface area (Å²) in [6, 6.07) is -0.390. The van der Waals surface area contributed by atoms with Crippen molar-refractivity contribution in [3.05, 3.63) is 0 Å². The minimum Gasteiger partial charge on any atom is -0.305 e. The van der Waals surface area contributed by atoms with Crippen LogP contribution >= 0.6 is 0 Å². The summed E-state index contributed by atoms with van der Waals surface area (Å²) in [6.07, 6.45) is 8.08. The molecule has 1 aliphatic rings. The van der Waals surface area contributed by atoms with Crippen molar-refractivity contribution in [3.8, 4) is 12.3 Å². The third kappa shape index (κ3) is 3.57. The predicted molar refractivity (Wildman–Crippen MR) is 66.1 cm³/mol. The molecule has 1 atom stereocenters. The van der Waals surface area contributed by atoms with E-state index in [1.165, 1.54) is 4.90 Å². The van der Waals surface area contributed by atoms with E-state index in [1.807, 2.05) is 13.8 Å². The van der Waals surface area contributed by atoms with Gasteiger partial charge in [-0.15, -0.1) is 12.3 Å². The summed E-state index contributed by atoms with van der Waals surface area (Å²) < 4.78 is 0. The Labute approximate surface area is 103 Å². The highest BCUT2D eigenvalue weighted by Crippen LogP contribution is 2.16. The lowest BCUT2D eigenvalue weighted by Gasteiger charge is -2.19. The van der Waals surface area contributed by atoms with Crippen molar-refractivity contribution in [2.75, 3.05) is 6.54 Å². The molecule has 0 saturated carbocycles. The van der Waals surface area contributed by atoms with Gasteiger partial charge in [-0.1, -0.05) is 0 Å². The third-order valence-corrected chi connectivity index (χ3v) is 2.84. The molecular formula is C13H20N2O2. The molecule has 1 rings (SSSR count). The number of hydrogen-bond donors (Lipinski definition) is 1. The second kappa shape index (κ2) is 6.41. The number of nitrogens with zero attached hydrogens (tertiary/aromatic N) is 1. The van der Waals surface area contributed by atoms with Crippen LogP contribution in [0.4, 0.5) is 0 Å². The minimum absolute atomic E-state index is 0.0526. The molecule has 0 aromatic rings. The first-order valence-corrected chi connectivity index (χ1v) is 6.10. The Bertz CT molecular complexity index is 331. The lowest BCUT2D eigenvalue weighted by atomic mass is 10.2. The van der Waals surface area contributed by atoms with Gasteiger partial charge in [0.25, 0.3) is 0 Å². The summed E-state index contributed by atoms with van der Waals surface area (Å²) in [5, 5.41) is 3.12. The summed E-state index contributed by atoms with van der Waals surface area (Å²) in [7, 11) is 0. The lowest BCUT2D eigenvalue weighted by Crippen LogP contribution is -2.42. The first-order valence-electron chi connectivity index (χ1n) is 6.10. The Morgan fingerprint density at radius 3 is 2.71 bits per heavy atom. The van der Waals surface area contributed by atoms with Gasteiger partial charge in [0.05, 0.1) is 12.5 Å². The summed E-state index contributed by atoms with van der Waals surface area (Å²) in [4.78, 5) is 24.8. The van der Waals surface area contributed by atoms with Gasteiger partial charge in [0.15, 0.2) is 0 Å². The fourth-order valence-electron chi connectivity index (χ4n) is 1.98. The van der Waals surface area contributed by atoms with Gasteiger partial charge in [-0.05, 0) is 33.2 Å². The highest BCUT2D eigenvalue weighted by atomic mass is 16.2. The third-order valence-electron chi connectivity index (χ3n) is 2.84. The highest BCUT2D eigenvalue weighted by molar-refractivity contribution is 6.05. The van der Waals surface area contributed by atoms with Gasteiger partial charge in [0.2, 0.25) is 11.8 Å². The summed E-state index contributed by atoms with van der Waals surface area (Å²) in [5.74, 6) is 2.40. The Morgan fingerprint density at radius 2 is 2.18 bits per heavy atom. The number of nitrogens with one attached hydrogen (secondary N) is 1. The molecule has 0 bridgehead atoms. The zero-order chi connectivity index (χ0) is 12.8. The van der Waals surface area contributed by atoms with E-state index < -0.39 is 0 Å². The standard InChI is InChI=1S/C13H20N2O2/c1-4-5-6-7-8-14-11-9-12(16)15(10(2)3)13(11)17/h1,10-11,14H,5-9H2,2-3H3. The van der Waals surface area contributed by atoms with Crippen molar-refractivity contribution in [2.45, 2.75) is 51.6 Å². The molecule has 0 aromatic heterocycles. The molecule has 1 heterocycles. The van der Waals surface area contributed by atoms with E-state index in [-0.39, 0.29) is 30.3 Å². The smallest absolute Gasteiger partial charge is 0.247 e. The van der Waals surface area contributed by atoms with Gasteiger partial charge in [0.1, 0.15) is 0 Å². The number of imide groups is 1. The minimum atomic E-state index is -0.337. The number of amides is 2. The first kappa shape index (κ1) is 13.7. The van der Waals surface area contributed by atoms with E-state index in [0.717, 1.165) is 25.8 Å². The average Bonchev–Trinajstić information content (AvgIpc) is 2.53. The maximum atomic E-state index is 11.9. The van der Waals surface area contributed by atoms with Crippen molar-refractivity contribution in [2.24, 2.45) is 0 Å². The van der Waals surface area contributed by atoms with E-state index in [2.05, 4.69) is 11.2 Å². The molecule has 17 heavy (non-hydrogen) atoms. The number of likely N-dealkylation sites (tertiary alicyclic amines) is 1. The van der Waals surface area contributed by atoms with Crippen molar-refractivity contribution in [1.82, 2.24) is 10.2 Å². The number of hydrogen-bond acceptors (Lipinski definition) is 3. The fourth-order valence-corrected chi connectivity index (χ4v) is 1.98. The van der Waals surface area contributed by atoms with Crippen molar-refractivity contribution >= 4 is 11.8 Å². The van der Waals surface area contributed by atoms with E-state index >= 15 is 0 Å². The van der Waals surface area contributed by atoms with E-state index in [0.29, 0.717) is 0 Å². The zero-order valence-electron chi connectivity index (χ0n) is 10.5. The molecule has 2 amide bonds. The van der Waals surface area contributed by atoms with Crippen LogP contribution in [0.2, 0.25) is 0 Å². The SMILES string of the molecule is C#CCCCCNC1CC(=O)N(C(C)C)C1=O. The topological polar surface area (TPSA) is 49.4 Å². The van der Waals surface area contributed by atoms with Crippen LogP contribution in [0.5, 0.6) is 0 Å². The average molecular weight is 236 g/mol. The van der Waals surface area contributed by atoms with Gasteiger partial charge >= 0.3 is 0 Å². The lowest BCUT2D eigenvalue weighted by molar-refractivity contribution is -0.140. The molecular weight excluding hydrogens is 216 g/mol. The number of terminal acetylenes is 1. The molecule has 1 unspecified atom stereocenters. The summed E-state index contributed by atoms with van der Waals surface area (Å²) in [5.41, 5.74) is 0. The first-order chi connectivity index (χ1) is 8.07. The van der Waals surface area contributed by atoms with Crippen LogP contribution in [0.1, 0.15) is 39.5 Å². The Morgan fingerprint density at radius 1 is 1.47 bits per heavy atom. The van der Waals surface area contributed by atoms with Crippen LogP contribution < -0.4 is 5.32 Å². The van der Waals surface area contributed by atoms with Crippen molar-refractivity contribution in [3.63, 3.8) is 0 Å². The Balaban J connectivity index is 2.34. The fraction of sp³-hybridized carbons (Fsp3) is 0.692. The maximum absolute atomic E-state index is 11.9. The molecule has 0 aliphatic carbocycles. The molecule has 1 aliphatic heterocycles. The van der Waals surface area contributed by atoms with Crippen LogP contribution in [-0.2, 0) is 9.59 Å². The predicted octanol–water partition coefficient (Wildman–Crippen LogP) is 0.915. The molecule has 4 nitrogen and oxygen atoms in total. The van der Waals surface area contributed by atoms with Gasteiger partial charge in [-0.25, -0.2) is 0 Å². The van der Waals surface area contributed by atoms with Crippen molar-refractivity contribution in [1.29, 1.82) is 0 Å². The molecule has 0 radical (unpaired) electrons. The van der Waals surface area contributed by atoms with Crippen LogP contribution in [-0.4, -0.2) is 35.3 Å². The second-order valence-corrected chi connectivity index (χ2v) is 4.57. The summed E-state index contributed by atoms with van der Waals surface area (Å²) >= 11 is 0. The molecule has 0 spiro atoms. The second-order valence-electron chi connectivity index (χ2n) is 4.57. The molecule has 1 fully saturated rings. The molecule has 94 valence electrons. The van der Waals surface area contributed by atoms with E-state index in [1.54, 1.807) is 0 Å². The molecule has 4 heteroatoms. The van der Waals surface area contributed by atoms with Gasteiger partial charge in [-0.3, -0.25) is 14.5 Å². The largest absolute Gasteiger partial charge is 0.305 e. The number of rotatable bonds is 6. The molecule has 1 N–H and O–H groups in total. The van der Waals surface area contributed by atoms with Crippen LogP contribution in [0, 0.1) is 12.3 Å². The quantitative estimate of drug-likeness (QED) is 0.424. The summed E-state index contributed by atoms with van der Waals surface area (Å²) in [6.45, 7) is 4.44.